The fourth-order valence-corrected chi connectivity index (χ4v) is 3.45. The van der Waals surface area contributed by atoms with Crippen LogP contribution in [0.15, 0.2) is 18.2 Å². The number of esters is 1. The zero-order chi connectivity index (χ0) is 13.4. The zero-order valence-corrected chi connectivity index (χ0v) is 12.0. The van der Waals surface area contributed by atoms with Crippen molar-refractivity contribution >= 4 is 29.2 Å². The van der Waals surface area contributed by atoms with Crippen LogP contribution in [-0.2, 0) is 4.74 Å². The monoisotopic (exact) mass is 299 g/mol. The summed E-state index contributed by atoms with van der Waals surface area (Å²) in [5.41, 5.74) is 0.425. The summed E-state index contributed by atoms with van der Waals surface area (Å²) in [4.78, 5) is 14.5. The van der Waals surface area contributed by atoms with Gasteiger partial charge in [0.15, 0.2) is 0 Å². The van der Waals surface area contributed by atoms with Crippen molar-refractivity contribution in [3.63, 3.8) is 0 Å². The van der Waals surface area contributed by atoms with Crippen molar-refractivity contribution in [2.75, 3.05) is 19.6 Å². The van der Waals surface area contributed by atoms with Gasteiger partial charge in [-0.1, -0.05) is 23.2 Å². The van der Waals surface area contributed by atoms with Crippen LogP contribution in [0.3, 0.4) is 0 Å². The molecule has 0 radical (unpaired) electrons. The van der Waals surface area contributed by atoms with Crippen molar-refractivity contribution in [2.24, 2.45) is 5.92 Å². The van der Waals surface area contributed by atoms with E-state index in [0.717, 1.165) is 32.5 Å². The molecule has 0 spiro atoms. The Morgan fingerprint density at radius 3 is 2.32 bits per heavy atom. The summed E-state index contributed by atoms with van der Waals surface area (Å²) in [6.07, 6.45) is 2.25. The molecule has 1 aromatic carbocycles. The van der Waals surface area contributed by atoms with Gasteiger partial charge < -0.3 is 4.74 Å². The van der Waals surface area contributed by atoms with Gasteiger partial charge in [0.1, 0.15) is 6.10 Å². The van der Waals surface area contributed by atoms with Crippen LogP contribution in [0, 0.1) is 5.92 Å². The Hall–Kier alpha value is -0.770. The highest BCUT2D eigenvalue weighted by atomic mass is 35.5. The molecule has 3 heterocycles. The van der Waals surface area contributed by atoms with Gasteiger partial charge >= 0.3 is 5.97 Å². The minimum Gasteiger partial charge on any atom is -0.457 e. The molecule has 1 atom stereocenters. The average molecular weight is 300 g/mol. The van der Waals surface area contributed by atoms with Crippen LogP contribution in [-0.4, -0.2) is 36.6 Å². The Balaban J connectivity index is 1.71. The highest BCUT2D eigenvalue weighted by Gasteiger charge is 2.36. The van der Waals surface area contributed by atoms with Gasteiger partial charge in [-0.2, -0.15) is 0 Å². The van der Waals surface area contributed by atoms with E-state index in [1.807, 2.05) is 0 Å². The minimum absolute atomic E-state index is 0.00718. The second kappa shape index (κ2) is 5.31. The molecule has 0 aliphatic carbocycles. The molecule has 102 valence electrons. The molecule has 5 heteroatoms. The summed E-state index contributed by atoms with van der Waals surface area (Å²) in [5, 5.41) is 0.904. The van der Waals surface area contributed by atoms with Crippen molar-refractivity contribution < 1.29 is 9.53 Å². The molecule has 3 nitrogen and oxygen atoms in total. The first kappa shape index (κ1) is 13.2. The molecule has 0 N–H and O–H groups in total. The Morgan fingerprint density at radius 2 is 1.79 bits per heavy atom. The lowest BCUT2D eigenvalue weighted by Gasteiger charge is -2.43. The van der Waals surface area contributed by atoms with Crippen LogP contribution < -0.4 is 0 Å². The summed E-state index contributed by atoms with van der Waals surface area (Å²) < 4.78 is 5.62. The molecule has 4 rings (SSSR count). The first-order valence-electron chi connectivity index (χ1n) is 6.51. The van der Waals surface area contributed by atoms with Crippen LogP contribution >= 0.6 is 23.2 Å². The topological polar surface area (TPSA) is 29.5 Å². The number of hydrogen-bond donors (Lipinski definition) is 0. The van der Waals surface area contributed by atoms with E-state index in [9.17, 15) is 4.79 Å². The Labute approximate surface area is 122 Å². The van der Waals surface area contributed by atoms with E-state index < -0.39 is 0 Å². The van der Waals surface area contributed by atoms with E-state index in [1.54, 1.807) is 18.2 Å². The molecule has 0 saturated carbocycles. The highest BCUT2D eigenvalue weighted by Crippen LogP contribution is 2.30. The Kier molecular flexibility index (Phi) is 3.70. The number of ether oxygens (including phenoxy) is 1. The van der Waals surface area contributed by atoms with E-state index in [-0.39, 0.29) is 12.1 Å². The molecule has 3 aliphatic heterocycles. The molecular formula is C14H15Cl2NO2. The van der Waals surface area contributed by atoms with Crippen molar-refractivity contribution in [3.8, 4) is 0 Å². The fraction of sp³-hybridized carbons (Fsp3) is 0.500. The quantitative estimate of drug-likeness (QED) is 0.785. The number of carbonyl (C=O) groups is 1. The minimum atomic E-state index is -0.330. The van der Waals surface area contributed by atoms with E-state index in [1.165, 1.54) is 0 Å². The molecular weight excluding hydrogens is 285 g/mol. The summed E-state index contributed by atoms with van der Waals surface area (Å²) in [6, 6.07) is 4.79. The summed E-state index contributed by atoms with van der Waals surface area (Å²) >= 11 is 11.8. The maximum Gasteiger partial charge on any atom is 0.338 e. The van der Waals surface area contributed by atoms with Crippen molar-refractivity contribution in [3.05, 3.63) is 33.8 Å². The number of benzene rings is 1. The molecule has 2 bridgehead atoms. The lowest BCUT2D eigenvalue weighted by Crippen LogP contribution is -2.51. The standard InChI is InChI=1S/C14H15Cl2NO2/c15-11-5-10(6-12(16)7-11)14(18)19-13-8-17-3-1-9(13)2-4-17/h5-7,9,13H,1-4,8H2. The molecule has 3 fully saturated rings. The molecule has 1 aromatic rings. The number of piperidine rings is 3. The number of hydrogen-bond acceptors (Lipinski definition) is 3. The predicted octanol–water partition coefficient (Wildman–Crippen LogP) is 3.24. The summed E-state index contributed by atoms with van der Waals surface area (Å²) in [7, 11) is 0. The first-order valence-corrected chi connectivity index (χ1v) is 7.27. The second-order valence-corrected chi connectivity index (χ2v) is 6.11. The normalized spacial score (nSPS) is 29.3. The number of carbonyl (C=O) groups excluding carboxylic acids is 1. The fourth-order valence-electron chi connectivity index (χ4n) is 2.92. The van der Waals surface area contributed by atoms with Crippen LogP contribution in [0.2, 0.25) is 10.0 Å². The van der Waals surface area contributed by atoms with Crippen LogP contribution in [0.25, 0.3) is 0 Å². The molecule has 0 amide bonds. The molecule has 0 aromatic heterocycles. The van der Waals surface area contributed by atoms with Crippen molar-refractivity contribution in [1.29, 1.82) is 0 Å². The number of fused-ring (bicyclic) bond motifs is 3. The third-order valence-electron chi connectivity index (χ3n) is 3.95. The maximum atomic E-state index is 12.1. The maximum absolute atomic E-state index is 12.1. The largest absolute Gasteiger partial charge is 0.457 e. The Morgan fingerprint density at radius 1 is 1.16 bits per heavy atom. The zero-order valence-electron chi connectivity index (χ0n) is 10.4. The van der Waals surface area contributed by atoms with E-state index >= 15 is 0 Å². The van der Waals surface area contributed by atoms with Crippen molar-refractivity contribution in [1.82, 2.24) is 4.90 Å². The molecule has 1 unspecified atom stereocenters. The average Bonchev–Trinajstić information content (AvgIpc) is 2.39. The Bertz CT molecular complexity index is 478. The number of nitrogens with zero attached hydrogens (tertiary/aromatic N) is 1. The molecule has 3 aliphatic rings. The lowest BCUT2D eigenvalue weighted by molar-refractivity contribution is -0.0455. The molecule has 3 saturated heterocycles. The summed E-state index contributed by atoms with van der Waals surface area (Å²) in [6.45, 7) is 3.11. The lowest BCUT2D eigenvalue weighted by atomic mass is 9.86. The van der Waals surface area contributed by atoms with Gasteiger partial charge in [0, 0.05) is 16.6 Å². The van der Waals surface area contributed by atoms with E-state index in [2.05, 4.69) is 4.90 Å². The third kappa shape index (κ3) is 2.88. The smallest absolute Gasteiger partial charge is 0.338 e. The van der Waals surface area contributed by atoms with Crippen molar-refractivity contribution in [2.45, 2.75) is 18.9 Å². The van der Waals surface area contributed by atoms with Gasteiger partial charge in [0.25, 0.3) is 0 Å². The second-order valence-electron chi connectivity index (χ2n) is 5.24. The van der Waals surface area contributed by atoms with Gasteiger partial charge in [-0.3, -0.25) is 4.90 Å². The van der Waals surface area contributed by atoms with Crippen LogP contribution in [0.5, 0.6) is 0 Å². The predicted molar refractivity (Wildman–Crippen MR) is 74.8 cm³/mol. The van der Waals surface area contributed by atoms with E-state index in [0.29, 0.717) is 21.5 Å². The third-order valence-corrected chi connectivity index (χ3v) is 4.39. The molecule has 19 heavy (non-hydrogen) atoms. The number of rotatable bonds is 2. The summed E-state index contributed by atoms with van der Waals surface area (Å²) in [5.74, 6) is 0.173. The van der Waals surface area contributed by atoms with Crippen LogP contribution in [0.1, 0.15) is 23.2 Å². The van der Waals surface area contributed by atoms with E-state index in [4.69, 9.17) is 27.9 Å². The van der Waals surface area contributed by atoms with Gasteiger partial charge in [0.2, 0.25) is 0 Å². The first-order chi connectivity index (χ1) is 9.11. The highest BCUT2D eigenvalue weighted by molar-refractivity contribution is 6.35. The van der Waals surface area contributed by atoms with Gasteiger partial charge in [-0.05, 0) is 50.0 Å². The van der Waals surface area contributed by atoms with Gasteiger partial charge in [-0.25, -0.2) is 4.79 Å². The van der Waals surface area contributed by atoms with Gasteiger partial charge in [0.05, 0.1) is 5.56 Å². The van der Waals surface area contributed by atoms with Gasteiger partial charge in [-0.15, -0.1) is 0 Å². The SMILES string of the molecule is O=C(OC1CN2CCC1CC2)c1cc(Cl)cc(Cl)c1. The van der Waals surface area contributed by atoms with Crippen LogP contribution in [0.4, 0.5) is 0 Å². The number of halogens is 2.